The van der Waals surface area contributed by atoms with Gasteiger partial charge < -0.3 is 4.67 Å². The molecule has 0 aromatic rings. The molecule has 1 fully saturated rings. The lowest BCUT2D eigenvalue weighted by Gasteiger charge is -2.36. The largest absolute Gasteiger partial charge is 0.309 e. The van der Waals surface area contributed by atoms with Gasteiger partial charge in [0.1, 0.15) is 0 Å². The Labute approximate surface area is 84.7 Å². The zero-order valence-corrected chi connectivity index (χ0v) is 10.9. The Kier molecular flexibility index (Phi) is 3.02. The third kappa shape index (κ3) is 1.88. The van der Waals surface area contributed by atoms with Crippen LogP contribution in [0.25, 0.3) is 0 Å². The van der Waals surface area contributed by atoms with Crippen molar-refractivity contribution in [3.8, 4) is 0 Å². The Bertz CT molecular complexity index is 227. The molecule has 13 heavy (non-hydrogen) atoms. The molecule has 0 saturated carbocycles. The van der Waals surface area contributed by atoms with E-state index >= 15 is 0 Å². The van der Waals surface area contributed by atoms with Crippen LogP contribution in [0.15, 0.2) is 0 Å². The van der Waals surface area contributed by atoms with Gasteiger partial charge in [-0.2, -0.15) is 0 Å². The molecule has 1 heterocycles. The summed E-state index contributed by atoms with van der Waals surface area (Å²) in [7, 11) is 5.16. The second kappa shape index (κ2) is 3.46. The van der Waals surface area contributed by atoms with E-state index in [9.17, 15) is 4.79 Å². The summed E-state index contributed by atoms with van der Waals surface area (Å²) in [6.45, 7) is 8.34. The second-order valence-electron chi connectivity index (χ2n) is 4.61. The van der Waals surface area contributed by atoms with Gasteiger partial charge in [0.05, 0.1) is 12.2 Å². The van der Waals surface area contributed by atoms with E-state index in [-0.39, 0.29) is 23.5 Å². The number of rotatable bonds is 0. The van der Waals surface area contributed by atoms with Crippen LogP contribution in [0.1, 0.15) is 27.7 Å². The van der Waals surface area contributed by atoms with Crippen molar-refractivity contribution in [3.63, 3.8) is 0 Å². The first-order chi connectivity index (χ1) is 5.76. The number of carbonyl (C=O) groups is 1. The van der Waals surface area contributed by atoms with E-state index in [4.69, 9.17) is 0 Å². The van der Waals surface area contributed by atoms with Gasteiger partial charge in [0.25, 0.3) is 0 Å². The molecule has 76 valence electrons. The van der Waals surface area contributed by atoms with Crippen molar-refractivity contribution in [1.82, 2.24) is 9.34 Å². The first-order valence-corrected chi connectivity index (χ1v) is 5.41. The van der Waals surface area contributed by atoms with Crippen LogP contribution >= 0.6 is 18.8 Å². The number of carbonyl (C=O) groups excluding carboxylic acids is 1. The fraction of sp³-hybridized carbons (Fsp3) is 0.875. The predicted molar refractivity (Wildman–Crippen MR) is 60.8 cm³/mol. The monoisotopic (exact) mass is 220 g/mol. The van der Waals surface area contributed by atoms with Gasteiger partial charge in [-0.15, -0.1) is 0 Å². The Morgan fingerprint density at radius 3 is 1.92 bits per heavy atom. The molecule has 1 saturated heterocycles. The molecular weight excluding hydrogens is 202 g/mol. The molecule has 1 aliphatic heterocycles. The van der Waals surface area contributed by atoms with Gasteiger partial charge in [-0.1, -0.05) is 30.2 Å². The van der Waals surface area contributed by atoms with Crippen LogP contribution in [-0.4, -0.2) is 27.5 Å². The SMILES string of the molecule is CC1C(=O)N(P)C(C(C)(C)C)N1P. The number of amides is 1. The van der Waals surface area contributed by atoms with E-state index in [1.54, 1.807) is 4.67 Å². The molecule has 0 aromatic heterocycles. The third-order valence-corrected chi connectivity index (χ3v) is 3.65. The minimum atomic E-state index is -0.0354. The normalized spacial score (nSPS) is 31.5. The highest BCUT2D eigenvalue weighted by molar-refractivity contribution is 7.16. The van der Waals surface area contributed by atoms with Crippen LogP contribution in [0.3, 0.4) is 0 Å². The molecular formula is C8H18N2OP2. The van der Waals surface area contributed by atoms with Crippen LogP contribution in [0.2, 0.25) is 0 Å². The van der Waals surface area contributed by atoms with Gasteiger partial charge in [0.15, 0.2) is 0 Å². The van der Waals surface area contributed by atoms with Crippen LogP contribution in [0, 0.1) is 5.41 Å². The zero-order chi connectivity index (χ0) is 10.4. The van der Waals surface area contributed by atoms with Crippen molar-refractivity contribution < 1.29 is 4.79 Å². The molecule has 4 unspecified atom stereocenters. The van der Waals surface area contributed by atoms with Gasteiger partial charge in [0, 0.05) is 0 Å². The lowest BCUT2D eigenvalue weighted by Crippen LogP contribution is -2.41. The highest BCUT2D eigenvalue weighted by Crippen LogP contribution is 2.38. The smallest absolute Gasteiger partial charge is 0.244 e. The molecule has 5 heteroatoms. The maximum absolute atomic E-state index is 11.6. The van der Waals surface area contributed by atoms with Crippen LogP contribution in [-0.2, 0) is 4.79 Å². The average Bonchev–Trinajstić information content (AvgIpc) is 2.14. The minimum absolute atomic E-state index is 0.0354. The Hall–Kier alpha value is 0.290. The topological polar surface area (TPSA) is 23.6 Å². The summed E-state index contributed by atoms with van der Waals surface area (Å²) < 4.78 is 3.78. The molecule has 1 rings (SSSR count). The maximum atomic E-state index is 11.6. The first kappa shape index (κ1) is 11.4. The van der Waals surface area contributed by atoms with Crippen LogP contribution in [0.5, 0.6) is 0 Å². The van der Waals surface area contributed by atoms with Crippen molar-refractivity contribution in [3.05, 3.63) is 0 Å². The molecule has 0 aromatic carbocycles. The molecule has 0 radical (unpaired) electrons. The summed E-state index contributed by atoms with van der Waals surface area (Å²) in [4.78, 5) is 11.6. The number of hydrogen-bond donors (Lipinski definition) is 0. The summed E-state index contributed by atoms with van der Waals surface area (Å²) in [5.41, 5.74) is 0.0733. The van der Waals surface area contributed by atoms with E-state index in [1.165, 1.54) is 0 Å². The lowest BCUT2D eigenvalue weighted by molar-refractivity contribution is -0.125. The van der Waals surface area contributed by atoms with Crippen molar-refractivity contribution >= 4 is 24.7 Å². The van der Waals surface area contributed by atoms with Crippen molar-refractivity contribution in [2.24, 2.45) is 5.41 Å². The van der Waals surface area contributed by atoms with Crippen LogP contribution in [0.4, 0.5) is 0 Å². The van der Waals surface area contributed by atoms with E-state index in [2.05, 4.69) is 39.6 Å². The van der Waals surface area contributed by atoms with Crippen molar-refractivity contribution in [2.45, 2.75) is 39.9 Å². The lowest BCUT2D eigenvalue weighted by atomic mass is 9.93. The fourth-order valence-electron chi connectivity index (χ4n) is 1.68. The summed E-state index contributed by atoms with van der Waals surface area (Å²) in [5, 5.41) is 0. The molecule has 0 N–H and O–H groups in total. The van der Waals surface area contributed by atoms with E-state index in [0.717, 1.165) is 0 Å². The molecule has 3 nitrogen and oxygen atoms in total. The quantitative estimate of drug-likeness (QED) is 0.577. The van der Waals surface area contributed by atoms with Gasteiger partial charge >= 0.3 is 0 Å². The predicted octanol–water partition coefficient (Wildman–Crippen LogP) is 1.47. The van der Waals surface area contributed by atoms with E-state index in [0.29, 0.717) is 0 Å². The van der Waals surface area contributed by atoms with Crippen LogP contribution < -0.4 is 0 Å². The number of nitrogens with zero attached hydrogens (tertiary/aromatic N) is 2. The van der Waals surface area contributed by atoms with Gasteiger partial charge in [-0.05, 0) is 21.7 Å². The molecule has 4 atom stereocenters. The van der Waals surface area contributed by atoms with Crippen molar-refractivity contribution in [2.75, 3.05) is 0 Å². The molecule has 0 aliphatic carbocycles. The molecule has 0 bridgehead atoms. The molecule has 1 aliphatic rings. The van der Waals surface area contributed by atoms with Gasteiger partial charge in [-0.25, -0.2) is 0 Å². The minimum Gasteiger partial charge on any atom is -0.309 e. The summed E-state index contributed by atoms with van der Waals surface area (Å²) in [6, 6.07) is -0.0354. The maximum Gasteiger partial charge on any atom is 0.244 e. The van der Waals surface area contributed by atoms with Gasteiger partial charge in [-0.3, -0.25) is 9.46 Å². The highest BCUT2D eigenvalue weighted by Gasteiger charge is 2.45. The average molecular weight is 220 g/mol. The molecule has 0 spiro atoms. The first-order valence-electron chi connectivity index (χ1n) is 4.37. The summed E-state index contributed by atoms with van der Waals surface area (Å²) in [6.07, 6.45) is 0.144. The fourth-order valence-corrected chi connectivity index (χ4v) is 3.37. The Morgan fingerprint density at radius 2 is 1.77 bits per heavy atom. The summed E-state index contributed by atoms with van der Waals surface area (Å²) >= 11 is 0. The Morgan fingerprint density at radius 1 is 1.31 bits per heavy atom. The third-order valence-electron chi connectivity index (χ3n) is 2.38. The van der Waals surface area contributed by atoms with Crippen molar-refractivity contribution in [1.29, 1.82) is 0 Å². The molecule has 1 amide bonds. The second-order valence-corrected chi connectivity index (χ2v) is 5.76. The van der Waals surface area contributed by atoms with E-state index in [1.807, 2.05) is 11.6 Å². The zero-order valence-electron chi connectivity index (χ0n) is 8.61. The number of hydrogen-bond acceptors (Lipinski definition) is 2. The standard InChI is InChI=1S/C8H18N2OP2/c1-5-6(11)10(13)7(9(5)12)8(2,3)4/h5,7H,12-13H2,1-4H3. The highest BCUT2D eigenvalue weighted by atomic mass is 31.0. The van der Waals surface area contributed by atoms with Gasteiger partial charge in [0.2, 0.25) is 5.91 Å². The van der Waals surface area contributed by atoms with E-state index < -0.39 is 0 Å². The Balaban J connectivity index is 2.94. The summed E-state index contributed by atoms with van der Waals surface area (Å²) in [5.74, 6) is 0.167.